The molecule has 1 aliphatic carbocycles. The molecule has 5 rings (SSSR count). The predicted molar refractivity (Wildman–Crippen MR) is 145 cm³/mol. The fourth-order valence-electron chi connectivity index (χ4n) is 5.24. The number of rotatable bonds is 8. The summed E-state index contributed by atoms with van der Waals surface area (Å²) in [6.45, 7) is 7.51. The van der Waals surface area contributed by atoms with Gasteiger partial charge >= 0.3 is 0 Å². The summed E-state index contributed by atoms with van der Waals surface area (Å²) in [4.78, 5) is 37.9. The van der Waals surface area contributed by atoms with Crippen LogP contribution in [0, 0.1) is 0 Å². The minimum atomic E-state index is -0.234. The van der Waals surface area contributed by atoms with Crippen LogP contribution in [0.15, 0.2) is 54.7 Å². The van der Waals surface area contributed by atoms with E-state index in [0.717, 1.165) is 44.5 Å². The zero-order valence-corrected chi connectivity index (χ0v) is 21.5. The van der Waals surface area contributed by atoms with Crippen LogP contribution in [0.25, 0.3) is 11.3 Å². The lowest BCUT2D eigenvalue weighted by Gasteiger charge is -2.16. The molecule has 0 unspecified atom stereocenters. The van der Waals surface area contributed by atoms with E-state index in [9.17, 15) is 9.59 Å². The van der Waals surface area contributed by atoms with Crippen LogP contribution in [0.2, 0.25) is 0 Å². The highest BCUT2D eigenvalue weighted by Crippen LogP contribution is 2.31. The fourth-order valence-corrected chi connectivity index (χ4v) is 5.24. The van der Waals surface area contributed by atoms with Crippen LogP contribution in [0.1, 0.15) is 64.7 Å². The van der Waals surface area contributed by atoms with Gasteiger partial charge in [-0.05, 0) is 56.0 Å². The first-order chi connectivity index (χ1) is 18.1. The normalized spacial score (nSPS) is 18.9. The van der Waals surface area contributed by atoms with Crippen LogP contribution >= 0.6 is 0 Å². The van der Waals surface area contributed by atoms with E-state index in [2.05, 4.69) is 44.9 Å². The minimum Gasteiger partial charge on any atom is -0.368 e. The minimum absolute atomic E-state index is 0.0149. The van der Waals surface area contributed by atoms with E-state index in [4.69, 9.17) is 4.98 Å². The third kappa shape index (κ3) is 5.49. The zero-order valence-electron chi connectivity index (χ0n) is 21.5. The van der Waals surface area contributed by atoms with Gasteiger partial charge in [0.2, 0.25) is 0 Å². The highest BCUT2D eigenvalue weighted by atomic mass is 16.2. The van der Waals surface area contributed by atoms with Crippen LogP contribution in [0.3, 0.4) is 0 Å². The molecule has 1 saturated heterocycles. The summed E-state index contributed by atoms with van der Waals surface area (Å²) in [5, 5.41) is 9.46. The van der Waals surface area contributed by atoms with Gasteiger partial charge < -0.3 is 20.9 Å². The number of hydrogen-bond donors (Lipinski definition) is 3. The van der Waals surface area contributed by atoms with Crippen molar-refractivity contribution in [1.29, 1.82) is 0 Å². The standard InChI is InChI=1S/C29H34N6O2/c1-3-30-27-26(29(37)32-22-14-15-35(4-2)18-22)33-25(17-31-27)20-9-7-10-21(16-20)28(36)34-24-13-12-19-8-5-6-11-23(19)24/h5-11,16-17,22,24H,3-4,12-15,18H2,1-2H3,(H,30,31)(H,32,37)(H,34,36)/t22-,24-/m0/s1. The highest BCUT2D eigenvalue weighted by molar-refractivity contribution is 5.98. The number of nitrogens with zero attached hydrogens (tertiary/aromatic N) is 3. The van der Waals surface area contributed by atoms with Gasteiger partial charge in [0.1, 0.15) is 0 Å². The number of fused-ring (bicyclic) bond motifs is 1. The second-order valence-electron chi connectivity index (χ2n) is 9.68. The van der Waals surface area contributed by atoms with Crippen molar-refractivity contribution in [2.45, 2.75) is 45.2 Å². The Morgan fingerprint density at radius 3 is 2.70 bits per heavy atom. The largest absolute Gasteiger partial charge is 0.368 e. The molecule has 192 valence electrons. The summed E-state index contributed by atoms with van der Waals surface area (Å²) >= 11 is 0. The van der Waals surface area contributed by atoms with Crippen LogP contribution in [-0.4, -0.2) is 58.9 Å². The lowest BCUT2D eigenvalue weighted by atomic mass is 10.1. The number of anilines is 1. The van der Waals surface area contributed by atoms with E-state index in [-0.39, 0.29) is 29.6 Å². The summed E-state index contributed by atoms with van der Waals surface area (Å²) in [6.07, 6.45) is 4.44. The molecule has 0 bridgehead atoms. The molecule has 3 N–H and O–H groups in total. The van der Waals surface area contributed by atoms with Crippen LogP contribution in [0.5, 0.6) is 0 Å². The second kappa shape index (κ2) is 11.1. The van der Waals surface area contributed by atoms with Crippen molar-refractivity contribution in [2.24, 2.45) is 0 Å². The summed E-state index contributed by atoms with van der Waals surface area (Å²) in [7, 11) is 0. The summed E-state index contributed by atoms with van der Waals surface area (Å²) in [6, 6.07) is 15.7. The van der Waals surface area contributed by atoms with Crippen molar-refractivity contribution in [3.63, 3.8) is 0 Å². The molecule has 37 heavy (non-hydrogen) atoms. The van der Waals surface area contributed by atoms with E-state index in [1.807, 2.05) is 37.3 Å². The zero-order chi connectivity index (χ0) is 25.8. The van der Waals surface area contributed by atoms with Crippen molar-refractivity contribution >= 4 is 17.6 Å². The van der Waals surface area contributed by atoms with Crippen molar-refractivity contribution in [1.82, 2.24) is 25.5 Å². The number of benzene rings is 2. The second-order valence-corrected chi connectivity index (χ2v) is 9.68. The Hall–Kier alpha value is -3.78. The third-order valence-electron chi connectivity index (χ3n) is 7.25. The number of likely N-dealkylation sites (N-methyl/N-ethyl adjacent to an activating group) is 1. The van der Waals surface area contributed by atoms with Crippen molar-refractivity contribution in [3.8, 4) is 11.3 Å². The Bertz CT molecular complexity index is 1290. The van der Waals surface area contributed by atoms with Gasteiger partial charge in [0.15, 0.2) is 11.5 Å². The van der Waals surface area contributed by atoms with E-state index < -0.39 is 0 Å². The number of aromatic nitrogens is 2. The topological polar surface area (TPSA) is 99.2 Å². The summed E-state index contributed by atoms with van der Waals surface area (Å²) in [5.41, 5.74) is 4.60. The molecule has 8 heteroatoms. The van der Waals surface area contributed by atoms with E-state index in [1.54, 1.807) is 12.3 Å². The molecule has 1 aliphatic heterocycles. The lowest BCUT2D eigenvalue weighted by Crippen LogP contribution is -2.38. The molecule has 2 amide bonds. The Balaban J connectivity index is 1.35. The average molecular weight is 499 g/mol. The summed E-state index contributed by atoms with van der Waals surface area (Å²) < 4.78 is 0. The maximum atomic E-state index is 13.2. The van der Waals surface area contributed by atoms with Gasteiger partial charge in [0.05, 0.1) is 17.9 Å². The molecule has 0 radical (unpaired) electrons. The molecule has 3 aromatic rings. The molecular formula is C29H34N6O2. The number of amides is 2. The Kier molecular flexibility index (Phi) is 7.46. The molecule has 1 aromatic heterocycles. The van der Waals surface area contributed by atoms with Crippen LogP contribution in [0.4, 0.5) is 5.82 Å². The summed E-state index contributed by atoms with van der Waals surface area (Å²) in [5.74, 6) is 0.102. The number of hydrogen-bond acceptors (Lipinski definition) is 6. The number of nitrogens with one attached hydrogen (secondary N) is 3. The van der Waals surface area contributed by atoms with E-state index >= 15 is 0 Å². The van der Waals surface area contributed by atoms with E-state index in [1.165, 1.54) is 11.1 Å². The van der Waals surface area contributed by atoms with Gasteiger partial charge in [0, 0.05) is 36.8 Å². The molecule has 2 heterocycles. The van der Waals surface area contributed by atoms with Crippen molar-refractivity contribution in [3.05, 3.63) is 77.1 Å². The van der Waals surface area contributed by atoms with Gasteiger partial charge in [-0.1, -0.05) is 43.3 Å². The molecule has 2 aliphatic rings. The molecular weight excluding hydrogens is 464 g/mol. The van der Waals surface area contributed by atoms with E-state index in [0.29, 0.717) is 23.6 Å². The molecule has 2 aromatic carbocycles. The van der Waals surface area contributed by atoms with Gasteiger partial charge in [0.25, 0.3) is 11.8 Å². The lowest BCUT2D eigenvalue weighted by molar-refractivity contribution is 0.0926. The Morgan fingerprint density at radius 1 is 1.03 bits per heavy atom. The first kappa shape index (κ1) is 24.9. The number of aryl methyl sites for hydroxylation is 1. The van der Waals surface area contributed by atoms with Gasteiger partial charge in [-0.25, -0.2) is 9.97 Å². The number of carbonyl (C=O) groups excluding carboxylic acids is 2. The van der Waals surface area contributed by atoms with Crippen LogP contribution < -0.4 is 16.0 Å². The van der Waals surface area contributed by atoms with Crippen molar-refractivity contribution < 1.29 is 9.59 Å². The first-order valence-corrected chi connectivity index (χ1v) is 13.2. The average Bonchev–Trinajstić information content (AvgIpc) is 3.56. The monoisotopic (exact) mass is 498 g/mol. The van der Waals surface area contributed by atoms with Crippen LogP contribution in [-0.2, 0) is 6.42 Å². The molecule has 1 fully saturated rings. The number of likely N-dealkylation sites (tertiary alicyclic amines) is 1. The maximum absolute atomic E-state index is 13.2. The quantitative estimate of drug-likeness (QED) is 0.437. The molecule has 0 saturated carbocycles. The fraction of sp³-hybridized carbons (Fsp3) is 0.379. The smallest absolute Gasteiger partial charge is 0.274 e. The highest BCUT2D eigenvalue weighted by Gasteiger charge is 2.26. The first-order valence-electron chi connectivity index (χ1n) is 13.2. The van der Waals surface area contributed by atoms with Gasteiger partial charge in [-0.15, -0.1) is 0 Å². The predicted octanol–water partition coefficient (Wildman–Crippen LogP) is 3.82. The molecule has 0 spiro atoms. The Labute approximate surface area is 217 Å². The molecule has 2 atom stereocenters. The van der Waals surface area contributed by atoms with Gasteiger partial charge in [-0.3, -0.25) is 9.59 Å². The number of carbonyl (C=O) groups is 2. The SMILES string of the molecule is CCNc1ncc(-c2cccc(C(=O)N[C@H]3CCc4ccccc43)c2)nc1C(=O)N[C@H]1CCN(CC)C1. The third-order valence-corrected chi connectivity index (χ3v) is 7.25. The van der Waals surface area contributed by atoms with Crippen molar-refractivity contribution in [2.75, 3.05) is 31.5 Å². The Morgan fingerprint density at radius 2 is 1.89 bits per heavy atom. The van der Waals surface area contributed by atoms with Gasteiger partial charge in [-0.2, -0.15) is 0 Å². The maximum Gasteiger partial charge on any atom is 0.274 e. The molecule has 8 nitrogen and oxygen atoms in total.